The van der Waals surface area contributed by atoms with Gasteiger partial charge in [-0.1, -0.05) is 60.7 Å². The minimum Gasteiger partial charge on any atom is -0.481 e. The van der Waals surface area contributed by atoms with E-state index in [1.807, 2.05) is 30.3 Å². The van der Waals surface area contributed by atoms with Gasteiger partial charge in [0.25, 0.3) is 0 Å². The second-order valence-corrected chi connectivity index (χ2v) is 9.55. The monoisotopic (exact) mass is 583 g/mol. The standard InChI is InChI=1S/C28H37N7O7/c29-19(14-17-8-3-1-4-9-17)24(38)34-21(15-18-10-5-2-6-11-18)26(40)33-20(12-7-13-32-28(30)31)25(39)35-22(27(41)42)16-23(36)37/h1-6,8-11,19-22H,7,12-16,29H2,(H,33,40)(H,34,38)(H,35,39)(H,36,37)(H,41,42)(H4,30,31,32). The van der Waals surface area contributed by atoms with Gasteiger partial charge < -0.3 is 43.4 Å². The van der Waals surface area contributed by atoms with Crippen LogP contribution < -0.4 is 33.2 Å². The van der Waals surface area contributed by atoms with Gasteiger partial charge in [-0.2, -0.15) is 0 Å². The molecule has 42 heavy (non-hydrogen) atoms. The van der Waals surface area contributed by atoms with Gasteiger partial charge in [0.2, 0.25) is 17.7 Å². The number of hydrogen-bond donors (Lipinski definition) is 8. The number of nitrogens with one attached hydrogen (secondary N) is 3. The number of carboxylic acid groups (broad SMARTS) is 2. The summed E-state index contributed by atoms with van der Waals surface area (Å²) in [5.41, 5.74) is 18.3. The number of nitrogens with two attached hydrogens (primary N) is 3. The lowest BCUT2D eigenvalue weighted by Crippen LogP contribution is -2.58. The molecule has 2 aromatic rings. The van der Waals surface area contributed by atoms with Crippen molar-refractivity contribution in [3.63, 3.8) is 0 Å². The number of aliphatic carboxylic acids is 2. The van der Waals surface area contributed by atoms with Gasteiger partial charge in [0.15, 0.2) is 5.96 Å². The number of aliphatic imine (C=N–C) groups is 1. The first-order chi connectivity index (χ1) is 20.0. The first-order valence-corrected chi connectivity index (χ1v) is 13.2. The fraction of sp³-hybridized carbons (Fsp3) is 0.357. The van der Waals surface area contributed by atoms with Crippen LogP contribution in [0.5, 0.6) is 0 Å². The Balaban J connectivity index is 2.24. The lowest BCUT2D eigenvalue weighted by atomic mass is 10.0. The van der Waals surface area contributed by atoms with Crippen LogP contribution in [0.1, 0.15) is 30.4 Å². The highest BCUT2D eigenvalue weighted by Gasteiger charge is 2.31. The highest BCUT2D eigenvalue weighted by atomic mass is 16.4. The molecule has 0 bridgehead atoms. The van der Waals surface area contributed by atoms with Crippen LogP contribution in [0.15, 0.2) is 65.7 Å². The van der Waals surface area contributed by atoms with Gasteiger partial charge >= 0.3 is 11.9 Å². The van der Waals surface area contributed by atoms with Crippen molar-refractivity contribution >= 4 is 35.6 Å². The number of guanidine groups is 1. The van der Waals surface area contributed by atoms with Gasteiger partial charge in [-0.05, 0) is 30.4 Å². The van der Waals surface area contributed by atoms with Crippen LogP contribution in [0.25, 0.3) is 0 Å². The number of carbonyl (C=O) groups excluding carboxylic acids is 3. The van der Waals surface area contributed by atoms with Crippen molar-refractivity contribution in [2.45, 2.75) is 56.3 Å². The SMILES string of the molecule is NC(N)=NCCCC(NC(=O)C(Cc1ccccc1)NC(=O)C(N)Cc1ccccc1)C(=O)NC(CC(=O)O)C(=O)O. The molecule has 226 valence electrons. The number of amides is 3. The van der Waals surface area contributed by atoms with Crippen molar-refractivity contribution in [3.8, 4) is 0 Å². The van der Waals surface area contributed by atoms with Crippen molar-refractivity contribution in [1.29, 1.82) is 0 Å². The Kier molecular flexibility index (Phi) is 13.4. The second kappa shape index (κ2) is 17.0. The molecule has 0 aliphatic heterocycles. The molecule has 4 atom stereocenters. The predicted octanol–water partition coefficient (Wildman–Crippen LogP) is -1.13. The third-order valence-electron chi connectivity index (χ3n) is 6.12. The average molecular weight is 584 g/mol. The summed E-state index contributed by atoms with van der Waals surface area (Å²) in [6, 6.07) is 12.8. The van der Waals surface area contributed by atoms with Gasteiger partial charge in [0.05, 0.1) is 12.5 Å². The van der Waals surface area contributed by atoms with Crippen LogP contribution >= 0.6 is 0 Å². The quantitative estimate of drug-likeness (QED) is 0.0631. The Morgan fingerprint density at radius 1 is 0.714 bits per heavy atom. The van der Waals surface area contributed by atoms with Crippen molar-refractivity contribution in [2.24, 2.45) is 22.2 Å². The smallest absolute Gasteiger partial charge is 0.326 e. The Morgan fingerprint density at radius 2 is 1.21 bits per heavy atom. The summed E-state index contributed by atoms with van der Waals surface area (Å²) in [5, 5.41) is 25.7. The Morgan fingerprint density at radius 3 is 1.74 bits per heavy atom. The van der Waals surface area contributed by atoms with Crippen LogP contribution in [-0.2, 0) is 36.8 Å². The molecule has 0 aliphatic rings. The summed E-state index contributed by atoms with van der Waals surface area (Å²) in [6.45, 7) is 0.109. The topological polar surface area (TPSA) is 252 Å². The maximum atomic E-state index is 13.5. The highest BCUT2D eigenvalue weighted by Crippen LogP contribution is 2.08. The van der Waals surface area contributed by atoms with Crippen LogP contribution in [0, 0.1) is 0 Å². The number of carbonyl (C=O) groups is 5. The molecular formula is C28H37N7O7. The minimum absolute atomic E-state index is 0.0205. The average Bonchev–Trinajstić information content (AvgIpc) is 2.94. The van der Waals surface area contributed by atoms with Gasteiger partial charge in [-0.15, -0.1) is 0 Å². The molecule has 0 heterocycles. The van der Waals surface area contributed by atoms with Crippen LogP contribution in [-0.4, -0.2) is 76.5 Å². The molecule has 3 amide bonds. The first-order valence-electron chi connectivity index (χ1n) is 13.2. The van der Waals surface area contributed by atoms with Gasteiger partial charge in [-0.25, -0.2) is 4.79 Å². The summed E-state index contributed by atoms with van der Waals surface area (Å²) in [4.78, 5) is 66.0. The Hall–Kier alpha value is -4.98. The van der Waals surface area contributed by atoms with Crippen molar-refractivity contribution in [2.75, 3.05) is 6.54 Å². The molecule has 0 fully saturated rings. The fourth-order valence-corrected chi connectivity index (χ4v) is 3.99. The molecule has 2 rings (SSSR count). The summed E-state index contributed by atoms with van der Waals surface area (Å²) in [7, 11) is 0. The van der Waals surface area contributed by atoms with Crippen molar-refractivity contribution < 1.29 is 34.2 Å². The molecule has 0 saturated heterocycles. The van der Waals surface area contributed by atoms with E-state index in [0.717, 1.165) is 11.1 Å². The second-order valence-electron chi connectivity index (χ2n) is 9.55. The number of carboxylic acids is 2. The molecule has 0 radical (unpaired) electrons. The number of rotatable bonds is 17. The van der Waals surface area contributed by atoms with Gasteiger partial charge in [0.1, 0.15) is 18.1 Å². The number of nitrogens with zero attached hydrogens (tertiary/aromatic N) is 1. The summed E-state index contributed by atoms with van der Waals surface area (Å²) >= 11 is 0. The Bertz CT molecular complexity index is 1240. The van der Waals surface area contributed by atoms with E-state index < -0.39 is 60.2 Å². The molecule has 0 saturated carbocycles. The Labute approximate surface area is 242 Å². The summed E-state index contributed by atoms with van der Waals surface area (Å²) < 4.78 is 0. The minimum atomic E-state index is -1.73. The molecule has 14 heteroatoms. The zero-order valence-electron chi connectivity index (χ0n) is 22.9. The van der Waals surface area contributed by atoms with E-state index in [2.05, 4.69) is 20.9 Å². The third-order valence-corrected chi connectivity index (χ3v) is 6.12. The van der Waals surface area contributed by atoms with Crippen LogP contribution in [0.3, 0.4) is 0 Å². The largest absolute Gasteiger partial charge is 0.481 e. The van der Waals surface area contributed by atoms with Gasteiger partial charge in [-0.3, -0.25) is 24.2 Å². The molecule has 14 nitrogen and oxygen atoms in total. The van der Waals surface area contributed by atoms with E-state index in [1.165, 1.54) is 0 Å². The molecule has 0 spiro atoms. The third kappa shape index (κ3) is 12.0. The van der Waals surface area contributed by atoms with Crippen LogP contribution in [0.4, 0.5) is 0 Å². The molecule has 4 unspecified atom stereocenters. The van der Waals surface area contributed by atoms with E-state index in [-0.39, 0.29) is 38.2 Å². The van der Waals surface area contributed by atoms with E-state index in [0.29, 0.717) is 0 Å². The normalized spacial score (nSPS) is 13.5. The lowest BCUT2D eigenvalue weighted by molar-refractivity contribution is -0.147. The maximum Gasteiger partial charge on any atom is 0.326 e. The van der Waals surface area contributed by atoms with E-state index in [9.17, 15) is 29.1 Å². The van der Waals surface area contributed by atoms with Crippen molar-refractivity contribution in [1.82, 2.24) is 16.0 Å². The fourth-order valence-electron chi connectivity index (χ4n) is 3.99. The molecule has 11 N–H and O–H groups in total. The number of benzene rings is 2. The first kappa shape index (κ1) is 33.2. The number of hydrogen-bond acceptors (Lipinski definition) is 7. The van der Waals surface area contributed by atoms with E-state index in [4.69, 9.17) is 22.3 Å². The maximum absolute atomic E-state index is 13.5. The zero-order chi connectivity index (χ0) is 31.1. The van der Waals surface area contributed by atoms with E-state index in [1.54, 1.807) is 30.3 Å². The van der Waals surface area contributed by atoms with E-state index >= 15 is 0 Å². The molecule has 0 aromatic heterocycles. The highest BCUT2D eigenvalue weighted by molar-refractivity contribution is 5.94. The van der Waals surface area contributed by atoms with Crippen molar-refractivity contribution in [3.05, 3.63) is 71.8 Å². The van der Waals surface area contributed by atoms with Gasteiger partial charge in [0, 0.05) is 13.0 Å². The molecule has 0 aliphatic carbocycles. The lowest BCUT2D eigenvalue weighted by Gasteiger charge is -2.25. The summed E-state index contributed by atoms with van der Waals surface area (Å²) in [5.74, 6) is -5.41. The predicted molar refractivity (Wildman–Crippen MR) is 154 cm³/mol. The zero-order valence-corrected chi connectivity index (χ0v) is 22.9. The molecular weight excluding hydrogens is 546 g/mol. The molecule has 2 aromatic carbocycles. The van der Waals surface area contributed by atoms with Crippen LogP contribution in [0.2, 0.25) is 0 Å². The summed E-state index contributed by atoms with van der Waals surface area (Å²) in [6.07, 6.45) is -0.391.